The number of benzene rings is 2. The van der Waals surface area contributed by atoms with E-state index in [4.69, 9.17) is 5.11 Å². The molecular formula is C17H13NO. The summed E-state index contributed by atoms with van der Waals surface area (Å²) in [5.41, 5.74) is 1.96. The van der Waals surface area contributed by atoms with Gasteiger partial charge in [0.25, 0.3) is 0 Å². The minimum Gasteiger partial charge on any atom is -0.384 e. The van der Waals surface area contributed by atoms with E-state index in [1.165, 1.54) is 0 Å². The summed E-state index contributed by atoms with van der Waals surface area (Å²) >= 11 is 0. The molecular weight excluding hydrogens is 234 g/mol. The van der Waals surface area contributed by atoms with Crippen molar-refractivity contribution in [3.63, 3.8) is 0 Å². The lowest BCUT2D eigenvalue weighted by Gasteiger charge is -2.17. The summed E-state index contributed by atoms with van der Waals surface area (Å²) in [5.74, 6) is 7.85. The van der Waals surface area contributed by atoms with E-state index in [2.05, 4.69) is 23.8 Å². The molecule has 0 atom stereocenters. The Bertz CT molecular complexity index is 587. The Morgan fingerprint density at radius 3 is 1.79 bits per heavy atom. The smallest absolute Gasteiger partial charge is 0.105 e. The predicted molar refractivity (Wildman–Crippen MR) is 77.7 cm³/mol. The van der Waals surface area contributed by atoms with E-state index in [1.54, 1.807) is 0 Å². The van der Waals surface area contributed by atoms with Gasteiger partial charge in [-0.05, 0) is 30.2 Å². The van der Waals surface area contributed by atoms with E-state index >= 15 is 0 Å². The largest absolute Gasteiger partial charge is 0.384 e. The molecule has 19 heavy (non-hydrogen) atoms. The number of hydrogen-bond acceptors (Lipinski definition) is 2. The maximum Gasteiger partial charge on any atom is 0.105 e. The highest BCUT2D eigenvalue weighted by molar-refractivity contribution is 5.68. The molecule has 0 spiro atoms. The molecule has 0 bridgehead atoms. The molecule has 0 unspecified atom stereocenters. The van der Waals surface area contributed by atoms with Gasteiger partial charge in [-0.3, -0.25) is 4.90 Å². The summed E-state index contributed by atoms with van der Waals surface area (Å²) in [4.78, 5) is 1.87. The third kappa shape index (κ3) is 3.64. The van der Waals surface area contributed by atoms with Crippen molar-refractivity contribution < 1.29 is 5.11 Å². The molecule has 0 amide bonds. The zero-order valence-corrected chi connectivity index (χ0v) is 10.4. The number of para-hydroxylation sites is 2. The molecule has 0 radical (unpaired) electrons. The quantitative estimate of drug-likeness (QED) is 0.651. The van der Waals surface area contributed by atoms with Gasteiger partial charge in [0.2, 0.25) is 0 Å². The van der Waals surface area contributed by atoms with Gasteiger partial charge in [0, 0.05) is 12.0 Å². The lowest BCUT2D eigenvalue weighted by Crippen LogP contribution is -2.08. The van der Waals surface area contributed by atoms with Crippen LogP contribution in [0.2, 0.25) is 0 Å². The average Bonchev–Trinajstić information content (AvgIpc) is 2.49. The van der Waals surface area contributed by atoms with Gasteiger partial charge in [-0.1, -0.05) is 42.3 Å². The Labute approximate surface area is 113 Å². The molecule has 0 aliphatic rings. The van der Waals surface area contributed by atoms with Crippen LogP contribution in [-0.4, -0.2) is 11.7 Å². The average molecular weight is 247 g/mol. The molecule has 2 aromatic rings. The van der Waals surface area contributed by atoms with Crippen molar-refractivity contribution in [2.75, 3.05) is 11.5 Å². The summed E-state index contributed by atoms with van der Waals surface area (Å²) in [5, 5.41) is 8.61. The molecule has 1 N–H and O–H groups in total. The maximum atomic E-state index is 8.61. The lowest BCUT2D eigenvalue weighted by molar-refractivity contribution is 0.350. The molecule has 0 aliphatic heterocycles. The minimum atomic E-state index is -0.175. The summed E-state index contributed by atoms with van der Waals surface area (Å²) in [6.07, 6.45) is 0. The number of aliphatic hydroxyl groups excluding tert-OH is 1. The first-order chi connectivity index (χ1) is 9.42. The molecule has 0 saturated carbocycles. The third-order valence-corrected chi connectivity index (χ3v) is 2.43. The molecule has 0 fully saturated rings. The Kier molecular flexibility index (Phi) is 4.64. The van der Waals surface area contributed by atoms with Crippen LogP contribution >= 0.6 is 0 Å². The molecule has 2 aromatic carbocycles. The summed E-state index contributed by atoms with van der Waals surface area (Å²) < 4.78 is 0. The van der Waals surface area contributed by atoms with E-state index in [0.717, 1.165) is 11.4 Å². The van der Waals surface area contributed by atoms with Gasteiger partial charge in [0.15, 0.2) is 0 Å². The Hall–Kier alpha value is -2.68. The highest BCUT2D eigenvalue weighted by Gasteiger charge is 2.04. The van der Waals surface area contributed by atoms with Crippen molar-refractivity contribution in [1.29, 1.82) is 0 Å². The van der Waals surface area contributed by atoms with Crippen molar-refractivity contribution >= 4 is 11.4 Å². The van der Waals surface area contributed by atoms with Crippen molar-refractivity contribution in [2.24, 2.45) is 0 Å². The maximum absolute atomic E-state index is 8.61. The SMILES string of the molecule is OCC#CC#CN(c1ccccc1)c1ccccc1. The van der Waals surface area contributed by atoms with Crippen LogP contribution in [-0.2, 0) is 0 Å². The number of hydrogen-bond donors (Lipinski definition) is 1. The van der Waals surface area contributed by atoms with Crippen LogP contribution in [0.4, 0.5) is 11.4 Å². The highest BCUT2D eigenvalue weighted by atomic mass is 16.2. The second-order valence-electron chi connectivity index (χ2n) is 3.70. The van der Waals surface area contributed by atoms with Gasteiger partial charge < -0.3 is 5.11 Å². The Morgan fingerprint density at radius 2 is 1.32 bits per heavy atom. The fraction of sp³-hybridized carbons (Fsp3) is 0.0588. The molecule has 2 nitrogen and oxygen atoms in total. The third-order valence-electron chi connectivity index (χ3n) is 2.43. The molecule has 2 rings (SSSR count). The number of nitrogens with zero attached hydrogens (tertiary/aromatic N) is 1. The van der Waals surface area contributed by atoms with Crippen molar-refractivity contribution in [1.82, 2.24) is 0 Å². The molecule has 0 saturated heterocycles. The van der Waals surface area contributed by atoms with Crippen LogP contribution in [0.15, 0.2) is 60.7 Å². The van der Waals surface area contributed by atoms with Crippen LogP contribution in [0, 0.1) is 23.8 Å². The van der Waals surface area contributed by atoms with Gasteiger partial charge in [-0.2, -0.15) is 0 Å². The number of rotatable bonds is 2. The second-order valence-corrected chi connectivity index (χ2v) is 3.70. The normalized spacial score (nSPS) is 8.68. The predicted octanol–water partition coefficient (Wildman–Crippen LogP) is 2.78. The Balaban J connectivity index is 2.36. The zero-order valence-electron chi connectivity index (χ0n) is 10.4. The van der Waals surface area contributed by atoms with Gasteiger partial charge in [0.05, 0.1) is 11.4 Å². The van der Waals surface area contributed by atoms with E-state index < -0.39 is 0 Å². The fourth-order valence-corrected chi connectivity index (χ4v) is 1.60. The molecule has 0 heterocycles. The molecule has 0 aliphatic carbocycles. The van der Waals surface area contributed by atoms with E-state index in [1.807, 2.05) is 65.6 Å². The standard InChI is InChI=1S/C17H13NO/c19-15-9-3-8-14-18(16-10-4-1-5-11-16)17-12-6-2-7-13-17/h1-2,4-7,10-13,19H,15H2. The number of aliphatic hydroxyl groups is 1. The van der Waals surface area contributed by atoms with Crippen molar-refractivity contribution in [2.45, 2.75) is 0 Å². The summed E-state index contributed by atoms with van der Waals surface area (Å²) in [6.45, 7) is -0.175. The summed E-state index contributed by atoms with van der Waals surface area (Å²) in [6, 6.07) is 22.7. The minimum absolute atomic E-state index is 0.175. The topological polar surface area (TPSA) is 23.5 Å². The van der Waals surface area contributed by atoms with Crippen LogP contribution < -0.4 is 4.90 Å². The van der Waals surface area contributed by atoms with E-state index in [9.17, 15) is 0 Å². The lowest BCUT2D eigenvalue weighted by atomic mass is 10.2. The Morgan fingerprint density at radius 1 is 0.789 bits per heavy atom. The summed E-state index contributed by atoms with van der Waals surface area (Å²) in [7, 11) is 0. The first-order valence-corrected chi connectivity index (χ1v) is 5.91. The fourth-order valence-electron chi connectivity index (χ4n) is 1.60. The van der Waals surface area contributed by atoms with Gasteiger partial charge in [0.1, 0.15) is 6.61 Å². The monoisotopic (exact) mass is 247 g/mol. The van der Waals surface area contributed by atoms with Gasteiger partial charge in [-0.15, -0.1) is 0 Å². The van der Waals surface area contributed by atoms with Crippen molar-refractivity contribution in [3.05, 3.63) is 60.7 Å². The first kappa shape index (κ1) is 12.8. The van der Waals surface area contributed by atoms with Gasteiger partial charge >= 0.3 is 0 Å². The van der Waals surface area contributed by atoms with Crippen LogP contribution in [0.25, 0.3) is 0 Å². The van der Waals surface area contributed by atoms with Gasteiger partial charge in [-0.25, -0.2) is 0 Å². The van der Waals surface area contributed by atoms with Crippen molar-refractivity contribution in [3.8, 4) is 23.8 Å². The molecule has 2 heteroatoms. The van der Waals surface area contributed by atoms with E-state index in [0.29, 0.717) is 0 Å². The number of anilines is 2. The highest BCUT2D eigenvalue weighted by Crippen LogP contribution is 2.23. The first-order valence-electron chi connectivity index (χ1n) is 5.91. The zero-order chi connectivity index (χ0) is 13.3. The van der Waals surface area contributed by atoms with E-state index in [-0.39, 0.29) is 6.61 Å². The molecule has 92 valence electrons. The van der Waals surface area contributed by atoms with Crippen LogP contribution in [0.1, 0.15) is 0 Å². The van der Waals surface area contributed by atoms with Crippen LogP contribution in [0.5, 0.6) is 0 Å². The second kappa shape index (κ2) is 6.91. The van der Waals surface area contributed by atoms with Crippen LogP contribution in [0.3, 0.4) is 0 Å². The molecule has 0 aromatic heterocycles.